The Morgan fingerprint density at radius 2 is 1.90 bits per heavy atom. The second-order valence-corrected chi connectivity index (χ2v) is 5.12. The van der Waals surface area contributed by atoms with E-state index in [0.29, 0.717) is 15.8 Å². The van der Waals surface area contributed by atoms with Crippen LogP contribution in [0.3, 0.4) is 0 Å². The van der Waals surface area contributed by atoms with E-state index in [1.807, 2.05) is 24.3 Å². The molecule has 106 valence electrons. The zero-order chi connectivity index (χ0) is 14.7. The Bertz CT molecular complexity index is 619. The highest BCUT2D eigenvalue weighted by molar-refractivity contribution is 9.10. The van der Waals surface area contributed by atoms with Gasteiger partial charge < -0.3 is 15.2 Å². The van der Waals surface area contributed by atoms with Crippen LogP contribution in [0.5, 0.6) is 11.5 Å². The van der Waals surface area contributed by atoms with Crippen molar-refractivity contribution in [1.82, 2.24) is 0 Å². The summed E-state index contributed by atoms with van der Waals surface area (Å²) >= 11 is 3.17. The minimum absolute atomic E-state index is 0.353. The van der Waals surface area contributed by atoms with E-state index in [1.54, 1.807) is 13.2 Å². The average molecular weight is 340 g/mol. The topological polar surface area (TPSA) is 44.5 Å². The second-order valence-electron chi connectivity index (χ2n) is 4.26. The molecule has 0 aliphatic rings. The summed E-state index contributed by atoms with van der Waals surface area (Å²) in [5.41, 5.74) is 7.82. The molecule has 2 N–H and O–H groups in total. The standard InChI is InChI=1S/C15H15BrFNO2/c1-19-10-5-3-4-9(6-10)15(18)11-7-12(16)13(17)8-14(11)20-2/h3-8,15H,18H2,1-2H3. The van der Waals surface area contributed by atoms with Crippen molar-refractivity contribution >= 4 is 15.9 Å². The van der Waals surface area contributed by atoms with Gasteiger partial charge >= 0.3 is 0 Å². The summed E-state index contributed by atoms with van der Waals surface area (Å²) in [4.78, 5) is 0. The van der Waals surface area contributed by atoms with Gasteiger partial charge in [0.2, 0.25) is 0 Å². The van der Waals surface area contributed by atoms with Crippen molar-refractivity contribution in [3.8, 4) is 11.5 Å². The number of ether oxygens (including phenoxy) is 2. The monoisotopic (exact) mass is 339 g/mol. The predicted octanol–water partition coefficient (Wildman–Crippen LogP) is 3.65. The number of benzene rings is 2. The fourth-order valence-corrected chi connectivity index (χ4v) is 2.34. The van der Waals surface area contributed by atoms with Gasteiger partial charge in [0.25, 0.3) is 0 Å². The highest BCUT2D eigenvalue weighted by Gasteiger charge is 2.17. The summed E-state index contributed by atoms with van der Waals surface area (Å²) < 4.78 is 24.3. The van der Waals surface area contributed by atoms with Crippen LogP contribution >= 0.6 is 15.9 Å². The van der Waals surface area contributed by atoms with E-state index >= 15 is 0 Å². The lowest BCUT2D eigenvalue weighted by Gasteiger charge is -2.17. The third kappa shape index (κ3) is 2.94. The van der Waals surface area contributed by atoms with Crippen LogP contribution in [0.1, 0.15) is 17.2 Å². The third-order valence-electron chi connectivity index (χ3n) is 3.06. The zero-order valence-corrected chi connectivity index (χ0v) is 12.8. The Balaban J connectivity index is 2.46. The van der Waals surface area contributed by atoms with Crippen LogP contribution in [0.4, 0.5) is 4.39 Å². The Hall–Kier alpha value is -1.59. The molecule has 1 unspecified atom stereocenters. The van der Waals surface area contributed by atoms with Gasteiger partial charge in [-0.2, -0.15) is 0 Å². The van der Waals surface area contributed by atoms with E-state index in [2.05, 4.69) is 15.9 Å². The van der Waals surface area contributed by atoms with Crippen LogP contribution in [-0.2, 0) is 0 Å². The normalized spacial score (nSPS) is 12.1. The number of rotatable bonds is 4. The molecule has 0 aromatic heterocycles. The van der Waals surface area contributed by atoms with E-state index in [4.69, 9.17) is 15.2 Å². The first-order valence-corrected chi connectivity index (χ1v) is 6.78. The van der Waals surface area contributed by atoms with Gasteiger partial charge in [-0.15, -0.1) is 0 Å². The fourth-order valence-electron chi connectivity index (χ4n) is 1.98. The summed E-state index contributed by atoms with van der Waals surface area (Å²) in [7, 11) is 3.09. The molecule has 0 heterocycles. The Kier molecular flexibility index (Phi) is 4.62. The van der Waals surface area contributed by atoms with Crippen molar-refractivity contribution in [2.45, 2.75) is 6.04 Å². The number of hydrogen-bond donors (Lipinski definition) is 1. The Morgan fingerprint density at radius 1 is 1.15 bits per heavy atom. The molecule has 1 atom stereocenters. The molecule has 0 saturated heterocycles. The smallest absolute Gasteiger partial charge is 0.141 e. The SMILES string of the molecule is COc1cccc(C(N)c2cc(Br)c(F)cc2OC)c1. The lowest BCUT2D eigenvalue weighted by molar-refractivity contribution is 0.403. The van der Waals surface area contributed by atoms with Crippen LogP contribution in [0.2, 0.25) is 0 Å². The molecule has 0 fully saturated rings. The average Bonchev–Trinajstić information content (AvgIpc) is 2.48. The van der Waals surface area contributed by atoms with Crippen LogP contribution in [0.25, 0.3) is 0 Å². The van der Waals surface area contributed by atoms with Crippen molar-refractivity contribution < 1.29 is 13.9 Å². The summed E-state index contributed by atoms with van der Waals surface area (Å²) in [5.74, 6) is 0.752. The second kappa shape index (κ2) is 6.24. The van der Waals surface area contributed by atoms with Crippen molar-refractivity contribution in [3.63, 3.8) is 0 Å². The molecule has 5 heteroatoms. The quantitative estimate of drug-likeness (QED) is 0.924. The first-order valence-electron chi connectivity index (χ1n) is 5.99. The highest BCUT2D eigenvalue weighted by Crippen LogP contribution is 2.33. The first kappa shape index (κ1) is 14.8. The van der Waals surface area contributed by atoms with Gasteiger partial charge in [-0.25, -0.2) is 4.39 Å². The number of nitrogens with two attached hydrogens (primary N) is 1. The van der Waals surface area contributed by atoms with Gasteiger partial charge in [0.05, 0.1) is 24.7 Å². The van der Waals surface area contributed by atoms with Gasteiger partial charge in [-0.1, -0.05) is 12.1 Å². The highest BCUT2D eigenvalue weighted by atomic mass is 79.9. The lowest BCUT2D eigenvalue weighted by atomic mass is 9.98. The molecule has 0 aliphatic heterocycles. The maximum Gasteiger partial charge on any atom is 0.141 e. The largest absolute Gasteiger partial charge is 0.497 e. The molecule has 0 aliphatic carbocycles. The van der Waals surface area contributed by atoms with Crippen molar-refractivity contribution in [1.29, 1.82) is 0 Å². The molecule has 0 radical (unpaired) electrons. The third-order valence-corrected chi connectivity index (χ3v) is 3.67. The van der Waals surface area contributed by atoms with Gasteiger partial charge in [-0.05, 0) is 39.7 Å². The van der Waals surface area contributed by atoms with Crippen molar-refractivity contribution in [2.75, 3.05) is 14.2 Å². The van der Waals surface area contributed by atoms with Crippen LogP contribution < -0.4 is 15.2 Å². The first-order chi connectivity index (χ1) is 9.56. The molecule has 0 saturated carbocycles. The molecule has 0 amide bonds. The van der Waals surface area contributed by atoms with Gasteiger partial charge in [-0.3, -0.25) is 0 Å². The Labute approximate surface area is 125 Å². The minimum atomic E-state index is -0.433. The summed E-state index contributed by atoms with van der Waals surface area (Å²) in [6.45, 7) is 0. The molecule has 0 bridgehead atoms. The van der Waals surface area contributed by atoms with Crippen molar-refractivity contribution in [2.24, 2.45) is 5.73 Å². The summed E-state index contributed by atoms with van der Waals surface area (Å²) in [5, 5.41) is 0. The van der Waals surface area contributed by atoms with E-state index in [9.17, 15) is 4.39 Å². The van der Waals surface area contributed by atoms with Crippen molar-refractivity contribution in [3.05, 3.63) is 57.8 Å². The maximum absolute atomic E-state index is 13.5. The van der Waals surface area contributed by atoms with Gasteiger partial charge in [0.1, 0.15) is 17.3 Å². The molecule has 3 nitrogen and oxygen atoms in total. The fraction of sp³-hybridized carbons (Fsp3) is 0.200. The summed E-state index contributed by atoms with van der Waals surface area (Å²) in [6, 6.07) is 9.97. The zero-order valence-electron chi connectivity index (χ0n) is 11.2. The number of halogens is 2. The summed E-state index contributed by atoms with van der Waals surface area (Å²) in [6.07, 6.45) is 0. The van der Waals surface area contributed by atoms with E-state index in [1.165, 1.54) is 13.2 Å². The predicted molar refractivity (Wildman–Crippen MR) is 79.7 cm³/mol. The molecule has 0 spiro atoms. The van der Waals surface area contributed by atoms with Crippen LogP contribution in [0, 0.1) is 5.82 Å². The van der Waals surface area contributed by atoms with E-state index in [-0.39, 0.29) is 5.82 Å². The molecule has 2 aromatic carbocycles. The molecular weight excluding hydrogens is 325 g/mol. The molecule has 20 heavy (non-hydrogen) atoms. The number of hydrogen-bond acceptors (Lipinski definition) is 3. The molecule has 2 aromatic rings. The van der Waals surface area contributed by atoms with E-state index < -0.39 is 6.04 Å². The van der Waals surface area contributed by atoms with Gasteiger partial charge in [0, 0.05) is 11.6 Å². The molecule has 2 rings (SSSR count). The maximum atomic E-state index is 13.5. The van der Waals surface area contributed by atoms with Crippen LogP contribution in [-0.4, -0.2) is 14.2 Å². The van der Waals surface area contributed by atoms with Crippen LogP contribution in [0.15, 0.2) is 40.9 Å². The van der Waals surface area contributed by atoms with E-state index in [0.717, 1.165) is 11.3 Å². The lowest BCUT2D eigenvalue weighted by Crippen LogP contribution is -2.13. The molecular formula is C15H15BrFNO2. The Morgan fingerprint density at radius 3 is 2.55 bits per heavy atom. The number of methoxy groups -OCH3 is 2. The van der Waals surface area contributed by atoms with Gasteiger partial charge in [0.15, 0.2) is 0 Å². The minimum Gasteiger partial charge on any atom is -0.497 e.